The Hall–Kier alpha value is -2.29. The van der Waals surface area contributed by atoms with Crippen LogP contribution in [0.25, 0.3) is 0 Å². The van der Waals surface area contributed by atoms with Gasteiger partial charge in [0.05, 0.1) is 13.2 Å². The van der Waals surface area contributed by atoms with Crippen LogP contribution >= 0.6 is 7.82 Å². The quantitative estimate of drug-likeness (QED) is 0.0264. The fourth-order valence-electron chi connectivity index (χ4n) is 7.67. The van der Waals surface area contributed by atoms with Gasteiger partial charge in [-0.1, -0.05) is 248 Å². The summed E-state index contributed by atoms with van der Waals surface area (Å²) in [5.74, 6) is -0.890. The predicted octanol–water partition coefficient (Wildman–Crippen LogP) is 16.8. The van der Waals surface area contributed by atoms with Crippen LogP contribution in [0.15, 0.2) is 60.8 Å². The molecule has 2 atom stereocenters. The molecule has 2 unspecified atom stereocenters. The number of allylic oxidation sites excluding steroid dienone is 10. The highest BCUT2D eigenvalue weighted by Gasteiger charge is 2.26. The molecule has 384 valence electrons. The number of rotatable bonds is 51. The molecule has 0 saturated carbocycles. The number of carbonyl (C=O) groups excluding carboxylic acids is 2. The zero-order valence-corrected chi connectivity index (χ0v) is 43.6. The normalized spacial score (nSPS) is 13.6. The molecule has 0 aliphatic rings. The summed E-state index contributed by atoms with van der Waals surface area (Å²) in [6, 6.07) is 0. The number of ether oxygens (including phenoxy) is 2. The molecule has 0 bridgehead atoms. The number of phosphoric acid groups is 1. The Balaban J connectivity index is 3.97. The van der Waals surface area contributed by atoms with E-state index in [9.17, 15) is 19.0 Å². The van der Waals surface area contributed by atoms with Crippen LogP contribution in [-0.2, 0) is 32.7 Å². The van der Waals surface area contributed by atoms with Crippen LogP contribution in [0.3, 0.4) is 0 Å². The Morgan fingerprint density at radius 2 is 0.833 bits per heavy atom. The Kier molecular flexibility index (Phi) is 50.3. The van der Waals surface area contributed by atoms with Gasteiger partial charge in [-0.25, -0.2) is 4.57 Å². The topological polar surface area (TPSA) is 134 Å². The molecule has 9 nitrogen and oxygen atoms in total. The lowest BCUT2D eigenvalue weighted by Crippen LogP contribution is -2.29. The van der Waals surface area contributed by atoms with E-state index in [0.717, 1.165) is 51.4 Å². The van der Waals surface area contributed by atoms with Gasteiger partial charge in [0.15, 0.2) is 6.10 Å². The number of hydrogen-bond donors (Lipinski definition) is 2. The van der Waals surface area contributed by atoms with Gasteiger partial charge in [0, 0.05) is 19.4 Å². The number of nitrogens with two attached hydrogens (primary N) is 1. The van der Waals surface area contributed by atoms with Gasteiger partial charge in [0.2, 0.25) is 0 Å². The fourth-order valence-corrected chi connectivity index (χ4v) is 8.44. The van der Waals surface area contributed by atoms with Gasteiger partial charge in [-0.3, -0.25) is 18.6 Å². The predicted molar refractivity (Wildman–Crippen MR) is 279 cm³/mol. The summed E-state index contributed by atoms with van der Waals surface area (Å²) in [7, 11) is -4.40. The van der Waals surface area contributed by atoms with Crippen molar-refractivity contribution in [2.24, 2.45) is 5.73 Å². The maximum Gasteiger partial charge on any atom is 0.472 e. The number of hydrogen-bond acceptors (Lipinski definition) is 8. The molecule has 0 aliphatic carbocycles. The molecule has 10 heteroatoms. The fraction of sp³-hybridized carbons (Fsp3) is 0.786. The second kappa shape index (κ2) is 52.1. The van der Waals surface area contributed by atoms with E-state index in [1.165, 1.54) is 161 Å². The number of esters is 2. The highest BCUT2D eigenvalue weighted by atomic mass is 31.2. The number of phosphoric ester groups is 1. The molecule has 0 heterocycles. The molecule has 3 N–H and O–H groups in total. The lowest BCUT2D eigenvalue weighted by atomic mass is 10.0. The maximum absolute atomic E-state index is 12.6. The van der Waals surface area contributed by atoms with Gasteiger partial charge >= 0.3 is 19.8 Å². The molecular weight excluding hydrogens is 846 g/mol. The molecule has 0 aromatic heterocycles. The monoisotopic (exact) mass is 948 g/mol. The molecule has 0 rings (SSSR count). The average Bonchev–Trinajstić information content (AvgIpc) is 3.31. The third kappa shape index (κ3) is 51.1. The van der Waals surface area contributed by atoms with Gasteiger partial charge in [0.1, 0.15) is 6.61 Å². The Morgan fingerprint density at radius 3 is 1.23 bits per heavy atom. The molecule has 0 spiro atoms. The van der Waals surface area contributed by atoms with Crippen LogP contribution in [0.4, 0.5) is 0 Å². The lowest BCUT2D eigenvalue weighted by Gasteiger charge is -2.19. The van der Waals surface area contributed by atoms with Crippen molar-refractivity contribution in [1.29, 1.82) is 0 Å². The minimum absolute atomic E-state index is 0.0432. The molecule has 0 aromatic carbocycles. The Bertz CT molecular complexity index is 1260. The van der Waals surface area contributed by atoms with E-state index in [-0.39, 0.29) is 32.6 Å². The van der Waals surface area contributed by atoms with E-state index in [1.54, 1.807) is 0 Å². The van der Waals surface area contributed by atoms with Crippen LogP contribution < -0.4 is 5.73 Å². The minimum Gasteiger partial charge on any atom is -0.462 e. The van der Waals surface area contributed by atoms with Crippen molar-refractivity contribution in [3.05, 3.63) is 60.8 Å². The maximum atomic E-state index is 12.6. The SMILES string of the molecule is CC/C=C\C/C=C\C/C=C\C/C=C\C/C=C\CCCC(=O)OC(COC(=O)CCCCCCCCCCCCCCCCCCCCCCCCCCCCCC)COP(=O)(O)OCCN. The summed E-state index contributed by atoms with van der Waals surface area (Å²) in [4.78, 5) is 35.0. The molecule has 0 saturated heterocycles. The van der Waals surface area contributed by atoms with Crippen molar-refractivity contribution in [3.63, 3.8) is 0 Å². The highest BCUT2D eigenvalue weighted by Crippen LogP contribution is 2.43. The first-order valence-corrected chi connectivity index (χ1v) is 28.8. The van der Waals surface area contributed by atoms with Crippen LogP contribution in [0.1, 0.15) is 251 Å². The number of carbonyl (C=O) groups is 2. The number of unbranched alkanes of at least 4 members (excludes halogenated alkanes) is 28. The minimum atomic E-state index is -4.40. The summed E-state index contributed by atoms with van der Waals surface area (Å²) in [6.45, 7) is 3.59. The van der Waals surface area contributed by atoms with E-state index in [2.05, 4.69) is 68.5 Å². The highest BCUT2D eigenvalue weighted by molar-refractivity contribution is 7.47. The summed E-state index contributed by atoms with van der Waals surface area (Å²) in [6.07, 6.45) is 64.4. The Labute approximate surface area is 406 Å². The smallest absolute Gasteiger partial charge is 0.462 e. The second-order valence-electron chi connectivity index (χ2n) is 18.1. The van der Waals surface area contributed by atoms with Gasteiger partial charge in [-0.05, 0) is 51.4 Å². The van der Waals surface area contributed by atoms with E-state index >= 15 is 0 Å². The summed E-state index contributed by atoms with van der Waals surface area (Å²) in [5, 5.41) is 0. The van der Waals surface area contributed by atoms with Crippen LogP contribution in [0, 0.1) is 0 Å². The largest absolute Gasteiger partial charge is 0.472 e. The average molecular weight is 948 g/mol. The first-order valence-electron chi connectivity index (χ1n) is 27.3. The third-order valence-electron chi connectivity index (χ3n) is 11.7. The molecule has 0 aromatic rings. The lowest BCUT2D eigenvalue weighted by molar-refractivity contribution is -0.161. The zero-order chi connectivity index (χ0) is 48.1. The molecule has 0 amide bonds. The second-order valence-corrected chi connectivity index (χ2v) is 19.5. The first kappa shape index (κ1) is 63.7. The molecular formula is C56H102NO8P. The van der Waals surface area contributed by atoms with E-state index in [1.807, 2.05) is 6.08 Å². The van der Waals surface area contributed by atoms with Crippen LogP contribution in [0.5, 0.6) is 0 Å². The van der Waals surface area contributed by atoms with Crippen molar-refractivity contribution in [2.75, 3.05) is 26.4 Å². The summed E-state index contributed by atoms with van der Waals surface area (Å²) in [5.41, 5.74) is 5.36. The van der Waals surface area contributed by atoms with Crippen molar-refractivity contribution < 1.29 is 37.6 Å². The van der Waals surface area contributed by atoms with Gasteiger partial charge < -0.3 is 20.1 Å². The zero-order valence-electron chi connectivity index (χ0n) is 42.7. The first-order chi connectivity index (χ1) is 32.3. The molecule has 0 fully saturated rings. The summed E-state index contributed by atoms with van der Waals surface area (Å²) < 4.78 is 32.9. The third-order valence-corrected chi connectivity index (χ3v) is 12.7. The van der Waals surface area contributed by atoms with Gasteiger partial charge in [-0.15, -0.1) is 0 Å². The van der Waals surface area contributed by atoms with Crippen molar-refractivity contribution in [2.45, 2.75) is 258 Å². The van der Waals surface area contributed by atoms with Gasteiger partial charge in [0.25, 0.3) is 0 Å². The van der Waals surface area contributed by atoms with E-state index in [4.69, 9.17) is 24.3 Å². The van der Waals surface area contributed by atoms with Crippen molar-refractivity contribution in [1.82, 2.24) is 0 Å². The Morgan fingerprint density at radius 1 is 0.470 bits per heavy atom. The molecule has 66 heavy (non-hydrogen) atoms. The van der Waals surface area contributed by atoms with Crippen molar-refractivity contribution >= 4 is 19.8 Å². The standard InChI is InChI=1S/C56H102NO8P/c1-3-5-7-9-11-13-15-17-19-21-22-23-24-25-26-27-28-29-30-31-33-34-36-38-40-42-44-46-48-55(58)62-52-54(53-64-66(60,61)63-51-50-57)65-56(59)49-47-45-43-41-39-37-35-32-20-18-16-14-12-10-8-6-4-2/h6,8,12,14,18,20,35,37,41,43,54H,3-5,7,9-11,13,15-17,19,21-34,36,38-40,42,44-53,57H2,1-2H3,(H,60,61)/b8-6-,14-12-,20-18-,37-35-,43-41-. The van der Waals surface area contributed by atoms with Gasteiger partial charge in [-0.2, -0.15) is 0 Å². The molecule has 0 aliphatic heterocycles. The van der Waals surface area contributed by atoms with E-state index in [0.29, 0.717) is 12.8 Å². The van der Waals surface area contributed by atoms with Crippen LogP contribution in [0.2, 0.25) is 0 Å². The van der Waals surface area contributed by atoms with Crippen LogP contribution in [-0.4, -0.2) is 49.3 Å². The summed E-state index contributed by atoms with van der Waals surface area (Å²) >= 11 is 0. The van der Waals surface area contributed by atoms with E-state index < -0.39 is 32.5 Å². The molecule has 0 radical (unpaired) electrons. The van der Waals surface area contributed by atoms with Crippen molar-refractivity contribution in [3.8, 4) is 0 Å².